The van der Waals surface area contributed by atoms with Crippen LogP contribution in [0.2, 0.25) is 0 Å². The minimum atomic E-state index is -0.413. The normalized spacial score (nSPS) is 11.1. The fourth-order valence-corrected chi connectivity index (χ4v) is 4.50. The molecule has 0 amide bonds. The molecule has 0 atom stereocenters. The van der Waals surface area contributed by atoms with E-state index in [0.717, 1.165) is 27.9 Å². The molecule has 0 saturated carbocycles. The van der Waals surface area contributed by atoms with Gasteiger partial charge in [0, 0.05) is 23.5 Å². The number of H-pyrrole nitrogens is 1. The molecule has 0 unspecified atom stereocenters. The number of nitro groups is 1. The van der Waals surface area contributed by atoms with E-state index >= 15 is 0 Å². The van der Waals surface area contributed by atoms with Crippen molar-refractivity contribution in [3.8, 4) is 5.69 Å². The number of aromatic amines is 1. The fraction of sp³-hybridized carbons (Fsp3) is 0.125. The van der Waals surface area contributed by atoms with Crippen LogP contribution in [0.4, 0.5) is 11.4 Å². The van der Waals surface area contributed by atoms with Crippen LogP contribution in [-0.4, -0.2) is 29.7 Å². The van der Waals surface area contributed by atoms with E-state index in [2.05, 4.69) is 38.5 Å². The number of rotatable bonds is 8. The van der Waals surface area contributed by atoms with Gasteiger partial charge in [0.15, 0.2) is 11.0 Å². The second-order valence-corrected chi connectivity index (χ2v) is 8.61. The van der Waals surface area contributed by atoms with Crippen molar-refractivity contribution in [2.24, 2.45) is 0 Å². The molecule has 0 fully saturated rings. The third kappa shape index (κ3) is 4.48. The number of nitro benzene ring substituents is 1. The number of imidazole rings is 1. The molecule has 5 aromatic rings. The molecular formula is C24H21N7O2S. The molecule has 0 saturated heterocycles. The number of aryl methyl sites for hydroxylation is 1. The molecule has 0 aliphatic rings. The summed E-state index contributed by atoms with van der Waals surface area (Å²) in [5.41, 5.74) is 4.54. The Bertz CT molecular complexity index is 1460. The number of hydrogen-bond acceptors (Lipinski definition) is 7. The Morgan fingerprint density at radius 2 is 1.85 bits per heavy atom. The van der Waals surface area contributed by atoms with Crippen LogP contribution in [-0.2, 0) is 12.3 Å². The van der Waals surface area contributed by atoms with Gasteiger partial charge in [-0.2, -0.15) is 0 Å². The first-order chi connectivity index (χ1) is 16.6. The number of hydrogen-bond donors (Lipinski definition) is 2. The Labute approximate surface area is 199 Å². The number of non-ortho nitro benzene ring substituents is 1. The highest BCUT2D eigenvalue weighted by Gasteiger charge is 2.16. The summed E-state index contributed by atoms with van der Waals surface area (Å²) in [5.74, 6) is 2.01. The quantitative estimate of drug-likeness (QED) is 0.180. The lowest BCUT2D eigenvalue weighted by Crippen LogP contribution is -2.09. The van der Waals surface area contributed by atoms with Crippen LogP contribution in [0.25, 0.3) is 16.7 Å². The van der Waals surface area contributed by atoms with E-state index < -0.39 is 4.92 Å². The molecule has 0 radical (unpaired) electrons. The average Bonchev–Trinajstić information content (AvgIpc) is 3.45. The molecule has 170 valence electrons. The van der Waals surface area contributed by atoms with Crippen LogP contribution in [0.15, 0.2) is 78.0 Å². The Morgan fingerprint density at radius 3 is 2.65 bits per heavy atom. The maximum absolute atomic E-state index is 11.0. The smallest absolute Gasteiger partial charge is 0.271 e. The zero-order valence-corrected chi connectivity index (χ0v) is 19.1. The summed E-state index contributed by atoms with van der Waals surface area (Å²) in [4.78, 5) is 18.4. The lowest BCUT2D eigenvalue weighted by Gasteiger charge is -2.12. The van der Waals surface area contributed by atoms with E-state index in [1.165, 1.54) is 23.9 Å². The van der Waals surface area contributed by atoms with E-state index in [-0.39, 0.29) is 5.69 Å². The first-order valence-electron chi connectivity index (χ1n) is 10.6. The number of benzene rings is 3. The van der Waals surface area contributed by atoms with Gasteiger partial charge in [-0.1, -0.05) is 48.2 Å². The zero-order valence-electron chi connectivity index (χ0n) is 18.3. The first-order valence-corrected chi connectivity index (χ1v) is 11.6. The second kappa shape index (κ2) is 9.36. The maximum Gasteiger partial charge on any atom is 0.271 e. The van der Waals surface area contributed by atoms with Crippen LogP contribution in [0.1, 0.15) is 17.2 Å². The third-order valence-corrected chi connectivity index (χ3v) is 6.30. The molecular weight excluding hydrogens is 450 g/mol. The number of nitrogens with one attached hydrogen (secondary N) is 2. The topological polar surface area (TPSA) is 115 Å². The number of aromatic nitrogens is 5. The Kier molecular flexibility index (Phi) is 5.96. The lowest BCUT2D eigenvalue weighted by molar-refractivity contribution is -0.384. The monoisotopic (exact) mass is 471 g/mol. The van der Waals surface area contributed by atoms with Gasteiger partial charge in [0.2, 0.25) is 0 Å². The van der Waals surface area contributed by atoms with Crippen molar-refractivity contribution >= 4 is 34.2 Å². The van der Waals surface area contributed by atoms with Gasteiger partial charge >= 0.3 is 0 Å². The summed E-state index contributed by atoms with van der Waals surface area (Å²) < 4.78 is 2.03. The molecule has 0 spiro atoms. The van der Waals surface area contributed by atoms with Gasteiger partial charge in [0.05, 0.1) is 28.3 Å². The molecule has 2 N–H and O–H groups in total. The van der Waals surface area contributed by atoms with Gasteiger partial charge in [-0.15, -0.1) is 10.2 Å². The molecule has 9 nitrogen and oxygen atoms in total. The van der Waals surface area contributed by atoms with E-state index in [1.54, 1.807) is 6.07 Å². The minimum absolute atomic E-state index is 0.0324. The van der Waals surface area contributed by atoms with Gasteiger partial charge in [0.25, 0.3) is 5.69 Å². The van der Waals surface area contributed by atoms with E-state index in [0.29, 0.717) is 29.2 Å². The summed E-state index contributed by atoms with van der Waals surface area (Å²) in [5, 5.41) is 24.1. The molecule has 34 heavy (non-hydrogen) atoms. The van der Waals surface area contributed by atoms with Crippen molar-refractivity contribution in [3.63, 3.8) is 0 Å². The van der Waals surface area contributed by atoms with Crippen LogP contribution >= 0.6 is 11.8 Å². The summed E-state index contributed by atoms with van der Waals surface area (Å²) in [6.45, 7) is 2.58. The maximum atomic E-state index is 11.0. The van der Waals surface area contributed by atoms with Crippen molar-refractivity contribution in [3.05, 3.63) is 100 Å². The Balaban J connectivity index is 1.39. The SMILES string of the molecule is Cc1ccccc1NCc1nnc(SCc2nc3ccc([N+](=O)[O-])cc3[nH]2)n1-c1ccccc1. The highest BCUT2D eigenvalue weighted by Crippen LogP contribution is 2.27. The number of fused-ring (bicyclic) bond motifs is 1. The molecule has 2 aromatic heterocycles. The molecule has 3 aromatic carbocycles. The molecule has 10 heteroatoms. The number of anilines is 1. The zero-order chi connectivity index (χ0) is 23.5. The first kappa shape index (κ1) is 21.7. The van der Waals surface area contributed by atoms with Crippen molar-refractivity contribution in [1.29, 1.82) is 0 Å². The molecule has 0 aliphatic carbocycles. The van der Waals surface area contributed by atoms with Gasteiger partial charge in [0.1, 0.15) is 5.82 Å². The van der Waals surface area contributed by atoms with Crippen LogP contribution in [0.5, 0.6) is 0 Å². The largest absolute Gasteiger partial charge is 0.378 e. The lowest BCUT2D eigenvalue weighted by atomic mass is 10.2. The predicted octanol–water partition coefficient (Wildman–Crippen LogP) is 5.26. The predicted molar refractivity (Wildman–Crippen MR) is 132 cm³/mol. The van der Waals surface area contributed by atoms with Crippen LogP contribution in [0.3, 0.4) is 0 Å². The van der Waals surface area contributed by atoms with Gasteiger partial charge in [-0.25, -0.2) is 4.98 Å². The van der Waals surface area contributed by atoms with Crippen molar-refractivity contribution in [2.75, 3.05) is 5.32 Å². The number of para-hydroxylation sites is 2. The molecule has 5 rings (SSSR count). The summed E-state index contributed by atoms with van der Waals surface area (Å²) >= 11 is 1.50. The minimum Gasteiger partial charge on any atom is -0.378 e. The summed E-state index contributed by atoms with van der Waals surface area (Å²) in [6, 6.07) is 22.7. The third-order valence-electron chi connectivity index (χ3n) is 5.36. The van der Waals surface area contributed by atoms with Crippen molar-refractivity contribution in [2.45, 2.75) is 24.4 Å². The second-order valence-electron chi connectivity index (χ2n) is 7.67. The summed E-state index contributed by atoms with van der Waals surface area (Å²) in [7, 11) is 0. The standard InChI is InChI=1S/C24H21N7O2S/c1-16-7-5-6-10-19(16)25-14-23-28-29-24(30(23)17-8-3-2-4-9-17)34-15-22-26-20-12-11-18(31(32)33)13-21(20)27-22/h2-13,25H,14-15H2,1H3,(H,26,27). The number of thioether (sulfide) groups is 1. The van der Waals surface area contributed by atoms with E-state index in [9.17, 15) is 10.1 Å². The molecule has 0 aliphatic heterocycles. The summed E-state index contributed by atoms with van der Waals surface area (Å²) in [6.07, 6.45) is 0. The van der Waals surface area contributed by atoms with Crippen molar-refractivity contribution in [1.82, 2.24) is 24.7 Å². The van der Waals surface area contributed by atoms with Gasteiger partial charge < -0.3 is 10.3 Å². The van der Waals surface area contributed by atoms with Crippen LogP contribution < -0.4 is 5.32 Å². The van der Waals surface area contributed by atoms with Crippen molar-refractivity contribution < 1.29 is 4.92 Å². The Hall–Kier alpha value is -4.18. The van der Waals surface area contributed by atoms with Gasteiger partial charge in [-0.3, -0.25) is 14.7 Å². The average molecular weight is 472 g/mol. The number of nitrogens with zero attached hydrogens (tertiary/aromatic N) is 5. The Morgan fingerprint density at radius 1 is 1.06 bits per heavy atom. The van der Waals surface area contributed by atoms with E-state index in [1.807, 2.05) is 53.1 Å². The molecule has 2 heterocycles. The molecule has 0 bridgehead atoms. The fourth-order valence-electron chi connectivity index (χ4n) is 3.66. The van der Waals surface area contributed by atoms with E-state index in [4.69, 9.17) is 0 Å². The highest BCUT2D eigenvalue weighted by atomic mass is 32.2. The highest BCUT2D eigenvalue weighted by molar-refractivity contribution is 7.98. The van der Waals surface area contributed by atoms with Gasteiger partial charge in [-0.05, 0) is 36.8 Å². The van der Waals surface area contributed by atoms with Crippen LogP contribution in [0, 0.1) is 17.0 Å².